The summed E-state index contributed by atoms with van der Waals surface area (Å²) in [5, 5.41) is 16.3. The normalized spacial score (nSPS) is 20.9. The number of alkyl halides is 2. The molecule has 6 nitrogen and oxygen atoms in total. The highest BCUT2D eigenvalue weighted by molar-refractivity contribution is 5.92. The summed E-state index contributed by atoms with van der Waals surface area (Å²) in [5.74, 6) is -2.04. The van der Waals surface area contributed by atoms with E-state index >= 15 is 0 Å². The lowest BCUT2D eigenvalue weighted by Crippen LogP contribution is -2.39. The molecule has 2 aliphatic rings. The summed E-state index contributed by atoms with van der Waals surface area (Å²) in [6.07, 6.45) is 1.65. The van der Waals surface area contributed by atoms with Gasteiger partial charge in [-0.3, -0.25) is 14.8 Å². The fourth-order valence-corrected chi connectivity index (χ4v) is 3.10. The Kier molecular flexibility index (Phi) is 3.04. The number of fused-ring (bicyclic) bond motifs is 1. The van der Waals surface area contributed by atoms with Crippen LogP contribution in [0, 0.1) is 10.1 Å². The Morgan fingerprint density at radius 2 is 1.96 bits per heavy atom. The van der Waals surface area contributed by atoms with Crippen LogP contribution in [0.1, 0.15) is 31.7 Å². The molecule has 0 radical (unpaired) electrons. The zero-order valence-corrected chi connectivity index (χ0v) is 12.4. The summed E-state index contributed by atoms with van der Waals surface area (Å²) >= 11 is 0. The molecular weight excluding hydrogens is 306 g/mol. The predicted molar refractivity (Wildman–Crippen MR) is 81.1 cm³/mol. The van der Waals surface area contributed by atoms with Gasteiger partial charge in [-0.25, -0.2) is 8.78 Å². The highest BCUT2D eigenvalue weighted by atomic mass is 19.3. The van der Waals surface area contributed by atoms with Crippen LogP contribution in [0.5, 0.6) is 0 Å². The second-order valence-corrected chi connectivity index (χ2v) is 6.30. The minimum Gasteiger partial charge on any atom is -0.354 e. The van der Waals surface area contributed by atoms with Crippen molar-refractivity contribution in [2.75, 3.05) is 18.0 Å². The average Bonchev–Trinajstić information content (AvgIpc) is 3.28. The van der Waals surface area contributed by atoms with Gasteiger partial charge in [0.2, 0.25) is 0 Å². The van der Waals surface area contributed by atoms with E-state index in [-0.39, 0.29) is 31.6 Å². The van der Waals surface area contributed by atoms with E-state index in [9.17, 15) is 18.9 Å². The van der Waals surface area contributed by atoms with Gasteiger partial charge in [0.1, 0.15) is 0 Å². The van der Waals surface area contributed by atoms with Crippen molar-refractivity contribution in [3.05, 3.63) is 28.3 Å². The van der Waals surface area contributed by atoms with Gasteiger partial charge in [-0.1, -0.05) is 0 Å². The Balaban J connectivity index is 1.78. The van der Waals surface area contributed by atoms with Crippen molar-refractivity contribution < 1.29 is 13.7 Å². The van der Waals surface area contributed by atoms with E-state index in [1.807, 2.05) is 9.58 Å². The number of nitrogens with zero attached hydrogens (tertiary/aromatic N) is 4. The summed E-state index contributed by atoms with van der Waals surface area (Å²) in [6, 6.07) is 5.00. The third kappa shape index (κ3) is 2.51. The van der Waals surface area contributed by atoms with Crippen molar-refractivity contribution in [3.63, 3.8) is 0 Å². The summed E-state index contributed by atoms with van der Waals surface area (Å²) in [4.78, 5) is 12.4. The fraction of sp³-hybridized carbons (Fsp3) is 0.533. The van der Waals surface area contributed by atoms with E-state index in [0.29, 0.717) is 17.2 Å². The number of hydrogen-bond acceptors (Lipinski definition) is 4. The highest BCUT2D eigenvalue weighted by Crippen LogP contribution is 2.41. The molecule has 4 rings (SSSR count). The number of nitro groups is 1. The van der Waals surface area contributed by atoms with E-state index in [4.69, 9.17) is 0 Å². The number of aromatic nitrogens is 2. The number of rotatable bonds is 3. The highest BCUT2D eigenvalue weighted by Gasteiger charge is 2.36. The van der Waals surface area contributed by atoms with E-state index in [1.54, 1.807) is 6.07 Å². The molecule has 0 bridgehead atoms. The van der Waals surface area contributed by atoms with Crippen LogP contribution in [0.2, 0.25) is 0 Å². The standard InChI is InChI=1S/C15H16F2N4O2/c16-15(17)5-7-19(8-6-15)14-12-9-11(21(22)23)3-4-13(12)20(18-14)10-1-2-10/h3-4,9-10H,1-2,5-8H2. The fourth-order valence-electron chi connectivity index (χ4n) is 3.10. The number of halogens is 2. The van der Waals surface area contributed by atoms with E-state index in [2.05, 4.69) is 5.10 Å². The zero-order chi connectivity index (χ0) is 16.2. The molecule has 0 spiro atoms. The monoisotopic (exact) mass is 322 g/mol. The van der Waals surface area contributed by atoms with Crippen LogP contribution in [0.4, 0.5) is 20.3 Å². The molecule has 0 amide bonds. The number of non-ortho nitro benzene ring substituents is 1. The SMILES string of the molecule is O=[N+]([O-])c1ccc2c(c1)c(N1CCC(F)(F)CC1)nn2C1CC1. The van der Waals surface area contributed by atoms with Crippen molar-refractivity contribution >= 4 is 22.4 Å². The molecule has 2 heterocycles. The first-order valence-corrected chi connectivity index (χ1v) is 7.74. The topological polar surface area (TPSA) is 64.2 Å². The molecule has 2 fully saturated rings. The lowest BCUT2D eigenvalue weighted by molar-refractivity contribution is -0.384. The van der Waals surface area contributed by atoms with Gasteiger partial charge in [0.05, 0.1) is 21.9 Å². The van der Waals surface area contributed by atoms with E-state index in [0.717, 1.165) is 18.4 Å². The molecule has 0 N–H and O–H groups in total. The van der Waals surface area contributed by atoms with Gasteiger partial charge >= 0.3 is 0 Å². The van der Waals surface area contributed by atoms with Gasteiger partial charge in [-0.05, 0) is 18.9 Å². The number of hydrogen-bond donors (Lipinski definition) is 0. The first kappa shape index (κ1) is 14.3. The molecule has 0 unspecified atom stereocenters. The van der Waals surface area contributed by atoms with Crippen LogP contribution in [0.25, 0.3) is 10.9 Å². The first-order valence-electron chi connectivity index (χ1n) is 7.74. The molecule has 1 aromatic heterocycles. The lowest BCUT2D eigenvalue weighted by atomic mass is 10.1. The molecule has 2 aromatic rings. The van der Waals surface area contributed by atoms with Crippen molar-refractivity contribution in [2.24, 2.45) is 0 Å². The average molecular weight is 322 g/mol. The van der Waals surface area contributed by atoms with Crippen molar-refractivity contribution in [1.29, 1.82) is 0 Å². The maximum absolute atomic E-state index is 13.4. The van der Waals surface area contributed by atoms with Crippen LogP contribution in [-0.2, 0) is 0 Å². The number of nitro benzene ring substituents is 1. The second kappa shape index (κ2) is 4.87. The number of benzene rings is 1. The van der Waals surface area contributed by atoms with Crippen molar-refractivity contribution in [1.82, 2.24) is 9.78 Å². The second-order valence-electron chi connectivity index (χ2n) is 6.30. The lowest BCUT2D eigenvalue weighted by Gasteiger charge is -2.31. The van der Waals surface area contributed by atoms with Gasteiger partial charge in [0.25, 0.3) is 11.6 Å². The van der Waals surface area contributed by atoms with Crippen LogP contribution in [-0.4, -0.2) is 33.7 Å². The van der Waals surface area contributed by atoms with Crippen molar-refractivity contribution in [3.8, 4) is 0 Å². The molecule has 122 valence electrons. The van der Waals surface area contributed by atoms with Gasteiger partial charge in [-0.15, -0.1) is 0 Å². The van der Waals surface area contributed by atoms with Crippen LogP contribution in [0.3, 0.4) is 0 Å². The zero-order valence-electron chi connectivity index (χ0n) is 12.4. The quantitative estimate of drug-likeness (QED) is 0.641. The minimum atomic E-state index is -2.63. The summed E-state index contributed by atoms with van der Waals surface area (Å²) in [7, 11) is 0. The molecule has 1 saturated carbocycles. The first-order chi connectivity index (χ1) is 10.9. The van der Waals surface area contributed by atoms with Gasteiger partial charge < -0.3 is 4.90 Å². The van der Waals surface area contributed by atoms with Gasteiger partial charge in [-0.2, -0.15) is 5.10 Å². The summed E-state index contributed by atoms with van der Waals surface area (Å²) in [6.45, 7) is 0.430. The molecule has 1 aromatic carbocycles. The van der Waals surface area contributed by atoms with Crippen LogP contribution >= 0.6 is 0 Å². The largest absolute Gasteiger partial charge is 0.354 e. The Morgan fingerprint density at radius 1 is 1.26 bits per heavy atom. The van der Waals surface area contributed by atoms with E-state index in [1.165, 1.54) is 12.1 Å². The molecule has 23 heavy (non-hydrogen) atoms. The third-order valence-electron chi connectivity index (χ3n) is 4.57. The van der Waals surface area contributed by atoms with E-state index < -0.39 is 10.8 Å². The molecule has 0 atom stereocenters. The number of anilines is 1. The smallest absolute Gasteiger partial charge is 0.270 e. The molecular formula is C15H16F2N4O2. The Bertz CT molecular complexity index is 775. The molecule has 1 saturated heterocycles. The maximum Gasteiger partial charge on any atom is 0.270 e. The predicted octanol–water partition coefficient (Wildman–Crippen LogP) is 3.51. The molecule has 8 heteroatoms. The Morgan fingerprint density at radius 3 is 2.57 bits per heavy atom. The number of piperidine rings is 1. The Labute approximate surface area is 130 Å². The minimum absolute atomic E-state index is 0.00330. The van der Waals surface area contributed by atoms with Crippen LogP contribution in [0.15, 0.2) is 18.2 Å². The van der Waals surface area contributed by atoms with Gasteiger partial charge in [0.15, 0.2) is 5.82 Å². The van der Waals surface area contributed by atoms with Gasteiger partial charge in [0, 0.05) is 38.1 Å². The summed E-state index contributed by atoms with van der Waals surface area (Å²) in [5.41, 5.74) is 0.835. The van der Waals surface area contributed by atoms with Crippen molar-refractivity contribution in [2.45, 2.75) is 37.6 Å². The molecule has 1 aliphatic heterocycles. The maximum atomic E-state index is 13.4. The molecule has 1 aliphatic carbocycles. The van der Waals surface area contributed by atoms with Crippen LogP contribution < -0.4 is 4.90 Å². The third-order valence-corrected chi connectivity index (χ3v) is 4.57. The Hall–Kier alpha value is -2.25. The summed E-state index contributed by atoms with van der Waals surface area (Å²) < 4.78 is 28.6.